The van der Waals surface area contributed by atoms with Gasteiger partial charge in [0.05, 0.1) is 7.11 Å². The van der Waals surface area contributed by atoms with E-state index in [9.17, 15) is 9.59 Å². The largest absolute Gasteiger partial charge is 0.497 e. The molecule has 32 heavy (non-hydrogen) atoms. The van der Waals surface area contributed by atoms with E-state index in [1.54, 1.807) is 17.4 Å². The van der Waals surface area contributed by atoms with E-state index >= 15 is 0 Å². The Bertz CT molecular complexity index is 1040. The maximum atomic E-state index is 12.5. The third-order valence-electron chi connectivity index (χ3n) is 5.35. The van der Waals surface area contributed by atoms with Gasteiger partial charge in [-0.15, -0.1) is 11.3 Å². The number of aromatic nitrogens is 1. The Balaban J connectivity index is 1.24. The lowest BCUT2D eigenvalue weighted by atomic mass is 10.2. The first-order chi connectivity index (χ1) is 15.6. The summed E-state index contributed by atoms with van der Waals surface area (Å²) in [5, 5.41) is 2.36. The summed E-state index contributed by atoms with van der Waals surface area (Å²) in [4.78, 5) is 33.3. The molecular formula is C24H25N3O4S. The number of methoxy groups -OCH3 is 1. The number of amides is 1. The second kappa shape index (κ2) is 10.4. The SMILES string of the molecule is COc1ccc(-c2nc(C(=O)OCC(=O)N3CCN(Cc4ccccc4)CC3)cs2)cc1. The number of nitrogens with zero attached hydrogens (tertiary/aromatic N) is 3. The lowest BCUT2D eigenvalue weighted by Gasteiger charge is -2.34. The van der Waals surface area contributed by atoms with Gasteiger partial charge < -0.3 is 14.4 Å². The van der Waals surface area contributed by atoms with Crippen LogP contribution in [0.5, 0.6) is 5.75 Å². The molecule has 0 unspecified atom stereocenters. The summed E-state index contributed by atoms with van der Waals surface area (Å²) in [5.41, 5.74) is 2.36. The Morgan fingerprint density at radius 1 is 1.00 bits per heavy atom. The van der Waals surface area contributed by atoms with Gasteiger partial charge in [-0.2, -0.15) is 0 Å². The van der Waals surface area contributed by atoms with Crippen molar-refractivity contribution in [1.82, 2.24) is 14.8 Å². The molecule has 0 radical (unpaired) electrons. The minimum atomic E-state index is -0.586. The van der Waals surface area contributed by atoms with E-state index in [0.717, 1.165) is 30.9 Å². The summed E-state index contributed by atoms with van der Waals surface area (Å²) in [6, 6.07) is 17.7. The summed E-state index contributed by atoms with van der Waals surface area (Å²) in [6.07, 6.45) is 0. The number of hydrogen-bond acceptors (Lipinski definition) is 7. The molecule has 2 heterocycles. The van der Waals surface area contributed by atoms with Crippen LogP contribution in [-0.2, 0) is 16.1 Å². The van der Waals surface area contributed by atoms with Gasteiger partial charge in [0.1, 0.15) is 10.8 Å². The molecule has 2 aromatic carbocycles. The molecule has 4 rings (SSSR count). The van der Waals surface area contributed by atoms with Crippen molar-refractivity contribution in [3.05, 3.63) is 71.2 Å². The molecular weight excluding hydrogens is 426 g/mol. The second-order valence-electron chi connectivity index (χ2n) is 7.49. The summed E-state index contributed by atoms with van der Waals surface area (Å²) < 4.78 is 10.4. The fourth-order valence-corrected chi connectivity index (χ4v) is 4.32. The van der Waals surface area contributed by atoms with Crippen LogP contribution in [-0.4, -0.2) is 66.6 Å². The van der Waals surface area contributed by atoms with Crippen molar-refractivity contribution in [1.29, 1.82) is 0 Å². The van der Waals surface area contributed by atoms with Gasteiger partial charge in [0, 0.05) is 43.7 Å². The van der Waals surface area contributed by atoms with E-state index in [-0.39, 0.29) is 18.2 Å². The standard InChI is InChI=1S/C24H25N3O4S/c1-30-20-9-7-19(8-10-20)23-25-21(17-32-23)24(29)31-16-22(28)27-13-11-26(12-14-27)15-18-5-3-2-4-6-18/h2-10,17H,11-16H2,1H3. The number of rotatable bonds is 7. The number of hydrogen-bond donors (Lipinski definition) is 0. The summed E-state index contributed by atoms with van der Waals surface area (Å²) in [7, 11) is 1.61. The predicted octanol–water partition coefficient (Wildman–Crippen LogP) is 3.32. The fraction of sp³-hybridized carbons (Fsp3) is 0.292. The zero-order chi connectivity index (χ0) is 22.3. The highest BCUT2D eigenvalue weighted by molar-refractivity contribution is 7.13. The minimum absolute atomic E-state index is 0.177. The number of carbonyl (C=O) groups excluding carboxylic acids is 2. The van der Waals surface area contributed by atoms with Gasteiger partial charge in [-0.1, -0.05) is 30.3 Å². The van der Waals surface area contributed by atoms with Crippen molar-refractivity contribution in [3.63, 3.8) is 0 Å². The third kappa shape index (κ3) is 5.52. The van der Waals surface area contributed by atoms with Gasteiger partial charge in [-0.3, -0.25) is 9.69 Å². The second-order valence-corrected chi connectivity index (χ2v) is 8.34. The van der Waals surface area contributed by atoms with Gasteiger partial charge in [0.15, 0.2) is 12.3 Å². The van der Waals surface area contributed by atoms with Crippen LogP contribution < -0.4 is 4.74 Å². The molecule has 0 N–H and O–H groups in total. The van der Waals surface area contributed by atoms with Crippen LogP contribution >= 0.6 is 11.3 Å². The smallest absolute Gasteiger partial charge is 0.358 e. The zero-order valence-corrected chi connectivity index (χ0v) is 18.7. The fourth-order valence-electron chi connectivity index (χ4n) is 3.52. The van der Waals surface area contributed by atoms with E-state index in [0.29, 0.717) is 18.1 Å². The van der Waals surface area contributed by atoms with Gasteiger partial charge in [-0.25, -0.2) is 9.78 Å². The first-order valence-electron chi connectivity index (χ1n) is 10.4. The molecule has 1 saturated heterocycles. The van der Waals surface area contributed by atoms with E-state index in [2.05, 4.69) is 22.0 Å². The number of carbonyl (C=O) groups is 2. The van der Waals surface area contributed by atoms with E-state index in [1.807, 2.05) is 42.5 Å². The van der Waals surface area contributed by atoms with Crippen LogP contribution in [0.25, 0.3) is 10.6 Å². The Labute approximate surface area is 191 Å². The van der Waals surface area contributed by atoms with Crippen molar-refractivity contribution in [2.45, 2.75) is 6.54 Å². The van der Waals surface area contributed by atoms with Crippen molar-refractivity contribution in [2.75, 3.05) is 39.9 Å². The molecule has 1 amide bonds. The predicted molar refractivity (Wildman–Crippen MR) is 123 cm³/mol. The highest BCUT2D eigenvalue weighted by atomic mass is 32.1. The monoisotopic (exact) mass is 451 g/mol. The zero-order valence-electron chi connectivity index (χ0n) is 17.9. The summed E-state index contributed by atoms with van der Waals surface area (Å²) >= 11 is 1.35. The Morgan fingerprint density at radius 2 is 1.72 bits per heavy atom. The van der Waals surface area contributed by atoms with E-state index in [4.69, 9.17) is 9.47 Å². The first-order valence-corrected chi connectivity index (χ1v) is 11.3. The summed E-state index contributed by atoms with van der Waals surface area (Å²) in [6.45, 7) is 3.45. The van der Waals surface area contributed by atoms with Crippen LogP contribution in [0.3, 0.4) is 0 Å². The molecule has 7 nitrogen and oxygen atoms in total. The van der Waals surface area contributed by atoms with E-state index < -0.39 is 5.97 Å². The Hall–Kier alpha value is -3.23. The van der Waals surface area contributed by atoms with Crippen LogP contribution in [0.4, 0.5) is 0 Å². The van der Waals surface area contributed by atoms with Gasteiger partial charge >= 0.3 is 5.97 Å². The van der Waals surface area contributed by atoms with Crippen LogP contribution in [0.15, 0.2) is 60.0 Å². The van der Waals surface area contributed by atoms with Gasteiger partial charge in [0.25, 0.3) is 5.91 Å². The molecule has 166 valence electrons. The molecule has 1 aliphatic rings. The Morgan fingerprint density at radius 3 is 2.41 bits per heavy atom. The van der Waals surface area contributed by atoms with Crippen molar-refractivity contribution in [2.24, 2.45) is 0 Å². The maximum absolute atomic E-state index is 12.5. The van der Waals surface area contributed by atoms with Crippen LogP contribution in [0.1, 0.15) is 16.1 Å². The first kappa shape index (κ1) is 22.0. The molecule has 1 aromatic heterocycles. The normalized spacial score (nSPS) is 14.2. The average molecular weight is 452 g/mol. The number of esters is 1. The molecule has 0 spiro atoms. The molecule has 0 bridgehead atoms. The van der Waals surface area contributed by atoms with Crippen LogP contribution in [0.2, 0.25) is 0 Å². The van der Waals surface area contributed by atoms with Gasteiger partial charge in [0.2, 0.25) is 0 Å². The maximum Gasteiger partial charge on any atom is 0.358 e. The van der Waals surface area contributed by atoms with Crippen molar-refractivity contribution < 1.29 is 19.1 Å². The average Bonchev–Trinajstić information content (AvgIpc) is 3.34. The topological polar surface area (TPSA) is 72.0 Å². The van der Waals surface area contributed by atoms with E-state index in [1.165, 1.54) is 16.9 Å². The summed E-state index contributed by atoms with van der Waals surface area (Å²) in [5.74, 6) is -0.00950. The lowest BCUT2D eigenvalue weighted by molar-refractivity contribution is -0.136. The third-order valence-corrected chi connectivity index (χ3v) is 6.24. The van der Waals surface area contributed by atoms with Crippen molar-refractivity contribution >= 4 is 23.2 Å². The number of piperazine rings is 1. The molecule has 1 aliphatic heterocycles. The highest BCUT2D eigenvalue weighted by Crippen LogP contribution is 2.26. The molecule has 0 saturated carbocycles. The molecule has 8 heteroatoms. The number of thiazole rings is 1. The quantitative estimate of drug-likeness (QED) is 0.513. The number of benzene rings is 2. The number of ether oxygens (including phenoxy) is 2. The van der Waals surface area contributed by atoms with Crippen LogP contribution in [0, 0.1) is 0 Å². The molecule has 3 aromatic rings. The minimum Gasteiger partial charge on any atom is -0.497 e. The lowest BCUT2D eigenvalue weighted by Crippen LogP contribution is -2.49. The van der Waals surface area contributed by atoms with Crippen molar-refractivity contribution in [3.8, 4) is 16.3 Å². The molecule has 0 aliphatic carbocycles. The highest BCUT2D eigenvalue weighted by Gasteiger charge is 2.23. The molecule has 0 atom stereocenters. The Kier molecular flexibility index (Phi) is 7.14. The molecule has 1 fully saturated rings. The van der Waals surface area contributed by atoms with Gasteiger partial charge in [-0.05, 0) is 29.8 Å².